The zero-order chi connectivity index (χ0) is 15.8. The van der Waals surface area contributed by atoms with E-state index < -0.39 is 0 Å². The van der Waals surface area contributed by atoms with E-state index in [0.29, 0.717) is 0 Å². The standard InChI is InChI=1S/C19H18N2OS/c1-20-11-17(18(12-20)19(22)21-9-10-23-13-21)16-8-4-6-14-5-2-3-7-15(14)16/h2-8,11-12H,9-10,13H2,1H3. The largest absolute Gasteiger partial charge is 0.356 e. The third-order valence-corrected chi connectivity index (χ3v) is 5.27. The van der Waals surface area contributed by atoms with Crippen LogP contribution < -0.4 is 0 Å². The van der Waals surface area contributed by atoms with Gasteiger partial charge in [-0.1, -0.05) is 42.5 Å². The van der Waals surface area contributed by atoms with Crippen LogP contribution in [0.5, 0.6) is 0 Å². The highest BCUT2D eigenvalue weighted by Gasteiger charge is 2.24. The topological polar surface area (TPSA) is 25.2 Å². The molecule has 1 saturated heterocycles. The molecule has 0 unspecified atom stereocenters. The Balaban J connectivity index is 1.87. The molecule has 1 amide bonds. The summed E-state index contributed by atoms with van der Waals surface area (Å²) in [6, 6.07) is 14.6. The summed E-state index contributed by atoms with van der Waals surface area (Å²) < 4.78 is 1.98. The second-order valence-corrected chi connectivity index (χ2v) is 6.96. The lowest BCUT2D eigenvalue weighted by atomic mass is 9.97. The molecule has 1 aliphatic heterocycles. The monoisotopic (exact) mass is 322 g/mol. The van der Waals surface area contributed by atoms with E-state index in [1.54, 1.807) is 0 Å². The Kier molecular flexibility index (Phi) is 3.62. The summed E-state index contributed by atoms with van der Waals surface area (Å²) in [5.41, 5.74) is 2.94. The smallest absolute Gasteiger partial charge is 0.256 e. The molecule has 23 heavy (non-hydrogen) atoms. The SMILES string of the molecule is Cn1cc(C(=O)N2CCSC2)c(-c2cccc3ccccc23)c1. The average molecular weight is 322 g/mol. The van der Waals surface area contributed by atoms with Crippen molar-refractivity contribution in [1.29, 1.82) is 0 Å². The van der Waals surface area contributed by atoms with Crippen LogP contribution in [0.1, 0.15) is 10.4 Å². The number of aromatic nitrogens is 1. The van der Waals surface area contributed by atoms with Crippen molar-refractivity contribution in [2.45, 2.75) is 0 Å². The number of hydrogen-bond acceptors (Lipinski definition) is 2. The second-order valence-electron chi connectivity index (χ2n) is 5.88. The molecule has 0 radical (unpaired) electrons. The molecular weight excluding hydrogens is 304 g/mol. The van der Waals surface area contributed by atoms with E-state index in [-0.39, 0.29) is 5.91 Å². The first-order valence-corrected chi connectivity index (χ1v) is 8.90. The summed E-state index contributed by atoms with van der Waals surface area (Å²) >= 11 is 1.81. The van der Waals surface area contributed by atoms with Crippen LogP contribution in [-0.4, -0.2) is 33.5 Å². The number of aryl methyl sites for hydroxylation is 1. The summed E-state index contributed by atoms with van der Waals surface area (Å²) in [5.74, 6) is 1.96. The van der Waals surface area contributed by atoms with Gasteiger partial charge in [-0.25, -0.2) is 0 Å². The molecule has 0 bridgehead atoms. The van der Waals surface area contributed by atoms with Crippen LogP contribution in [0.3, 0.4) is 0 Å². The highest BCUT2D eigenvalue weighted by molar-refractivity contribution is 7.99. The molecule has 0 saturated carbocycles. The lowest BCUT2D eigenvalue weighted by Gasteiger charge is -2.15. The number of amides is 1. The minimum Gasteiger partial charge on any atom is -0.356 e. The molecule has 4 rings (SSSR count). The molecule has 0 N–H and O–H groups in total. The van der Waals surface area contributed by atoms with Gasteiger partial charge in [-0.2, -0.15) is 0 Å². The maximum absolute atomic E-state index is 12.9. The molecule has 0 spiro atoms. The highest BCUT2D eigenvalue weighted by atomic mass is 32.2. The molecule has 1 aliphatic rings. The van der Waals surface area contributed by atoms with Crippen LogP contribution in [0, 0.1) is 0 Å². The predicted octanol–water partition coefficient (Wildman–Crippen LogP) is 3.99. The zero-order valence-corrected chi connectivity index (χ0v) is 13.8. The minimum absolute atomic E-state index is 0.138. The van der Waals surface area contributed by atoms with Crippen molar-refractivity contribution in [1.82, 2.24) is 9.47 Å². The van der Waals surface area contributed by atoms with Gasteiger partial charge in [0.05, 0.1) is 11.4 Å². The number of carbonyl (C=O) groups excluding carboxylic acids is 1. The van der Waals surface area contributed by atoms with Crippen LogP contribution in [0.15, 0.2) is 54.9 Å². The van der Waals surface area contributed by atoms with Crippen LogP contribution >= 0.6 is 11.8 Å². The van der Waals surface area contributed by atoms with Gasteiger partial charge in [-0.05, 0) is 16.3 Å². The van der Waals surface area contributed by atoms with Gasteiger partial charge in [0.15, 0.2) is 0 Å². The molecule has 4 heteroatoms. The minimum atomic E-state index is 0.138. The number of nitrogens with zero attached hydrogens (tertiary/aromatic N) is 2. The molecule has 0 atom stereocenters. The average Bonchev–Trinajstić information content (AvgIpc) is 3.23. The van der Waals surface area contributed by atoms with Crippen LogP contribution in [0.4, 0.5) is 0 Å². The van der Waals surface area contributed by atoms with E-state index in [9.17, 15) is 4.79 Å². The third kappa shape index (κ3) is 2.53. The highest BCUT2D eigenvalue weighted by Crippen LogP contribution is 2.32. The number of rotatable bonds is 2. The van der Waals surface area contributed by atoms with Crippen molar-refractivity contribution in [3.05, 3.63) is 60.4 Å². The Hall–Kier alpha value is -2.20. The van der Waals surface area contributed by atoms with Crippen molar-refractivity contribution in [2.75, 3.05) is 18.2 Å². The van der Waals surface area contributed by atoms with Crippen LogP contribution in [-0.2, 0) is 7.05 Å². The van der Waals surface area contributed by atoms with E-state index >= 15 is 0 Å². The molecule has 0 aliphatic carbocycles. The lowest BCUT2D eigenvalue weighted by molar-refractivity contribution is 0.0803. The fraction of sp³-hybridized carbons (Fsp3) is 0.211. The van der Waals surface area contributed by atoms with Crippen molar-refractivity contribution in [3.8, 4) is 11.1 Å². The molecule has 116 valence electrons. The number of hydrogen-bond donors (Lipinski definition) is 0. The van der Waals surface area contributed by atoms with Gasteiger partial charge < -0.3 is 9.47 Å². The fourth-order valence-corrected chi connectivity index (χ4v) is 4.12. The molecule has 1 aromatic heterocycles. The van der Waals surface area contributed by atoms with Gasteiger partial charge in [-0.3, -0.25) is 4.79 Å². The van der Waals surface area contributed by atoms with Gasteiger partial charge in [-0.15, -0.1) is 11.8 Å². The first-order valence-electron chi connectivity index (χ1n) is 7.75. The molecule has 3 nitrogen and oxygen atoms in total. The Labute approximate surface area is 139 Å². The summed E-state index contributed by atoms with van der Waals surface area (Å²) in [6.45, 7) is 0.841. The molecule has 2 heterocycles. The first-order chi connectivity index (χ1) is 11.2. The van der Waals surface area contributed by atoms with Crippen LogP contribution in [0.25, 0.3) is 21.9 Å². The van der Waals surface area contributed by atoms with E-state index in [0.717, 1.165) is 34.9 Å². The summed E-state index contributed by atoms with van der Waals surface area (Å²) in [6.07, 6.45) is 4.00. The van der Waals surface area contributed by atoms with Gasteiger partial charge in [0.1, 0.15) is 0 Å². The van der Waals surface area contributed by atoms with Crippen LogP contribution in [0.2, 0.25) is 0 Å². The Bertz CT molecular complexity index is 873. The van der Waals surface area contributed by atoms with E-state index in [2.05, 4.69) is 36.5 Å². The summed E-state index contributed by atoms with van der Waals surface area (Å²) in [4.78, 5) is 14.8. The van der Waals surface area contributed by atoms with Gasteiger partial charge in [0.2, 0.25) is 0 Å². The third-order valence-electron chi connectivity index (χ3n) is 4.31. The second kappa shape index (κ2) is 5.78. The zero-order valence-electron chi connectivity index (χ0n) is 13.0. The molecule has 2 aromatic carbocycles. The lowest BCUT2D eigenvalue weighted by Crippen LogP contribution is -2.27. The van der Waals surface area contributed by atoms with E-state index in [1.165, 1.54) is 10.8 Å². The molecular formula is C19H18N2OS. The Morgan fingerprint density at radius 1 is 1.04 bits per heavy atom. The maximum Gasteiger partial charge on any atom is 0.256 e. The quantitative estimate of drug-likeness (QED) is 0.713. The van der Waals surface area contributed by atoms with Gasteiger partial charge >= 0.3 is 0 Å². The summed E-state index contributed by atoms with van der Waals surface area (Å²) in [7, 11) is 1.98. The van der Waals surface area contributed by atoms with E-state index in [4.69, 9.17) is 0 Å². The number of benzene rings is 2. The summed E-state index contributed by atoms with van der Waals surface area (Å²) in [5, 5.41) is 2.38. The number of fused-ring (bicyclic) bond motifs is 1. The number of carbonyl (C=O) groups is 1. The number of thioether (sulfide) groups is 1. The van der Waals surface area contributed by atoms with Crippen molar-refractivity contribution in [2.24, 2.45) is 7.05 Å². The fourth-order valence-electron chi connectivity index (χ4n) is 3.17. The molecule has 1 fully saturated rings. The van der Waals surface area contributed by atoms with Gasteiger partial charge in [0, 0.05) is 37.3 Å². The molecule has 3 aromatic rings. The first kappa shape index (κ1) is 14.4. The Morgan fingerprint density at radius 3 is 2.70 bits per heavy atom. The van der Waals surface area contributed by atoms with Gasteiger partial charge in [0.25, 0.3) is 5.91 Å². The predicted molar refractivity (Wildman–Crippen MR) is 96.7 cm³/mol. The van der Waals surface area contributed by atoms with Crippen molar-refractivity contribution >= 4 is 28.4 Å². The maximum atomic E-state index is 12.9. The van der Waals surface area contributed by atoms with E-state index in [1.807, 2.05) is 46.6 Å². The Morgan fingerprint density at radius 2 is 1.87 bits per heavy atom. The normalized spacial score (nSPS) is 14.6. The van der Waals surface area contributed by atoms with Crippen molar-refractivity contribution in [3.63, 3.8) is 0 Å². The van der Waals surface area contributed by atoms with Crippen molar-refractivity contribution < 1.29 is 4.79 Å².